The monoisotopic (exact) mass is 303 g/mol. The van der Waals surface area contributed by atoms with Crippen LogP contribution >= 0.6 is 0 Å². The number of amides is 1. The van der Waals surface area contributed by atoms with Crippen molar-refractivity contribution in [3.8, 4) is 11.1 Å². The first-order chi connectivity index (χ1) is 10.5. The van der Waals surface area contributed by atoms with Gasteiger partial charge in [-0.15, -0.1) is 0 Å². The number of aryl methyl sites for hydroxylation is 1. The summed E-state index contributed by atoms with van der Waals surface area (Å²) in [6, 6.07) is 8.71. The molecule has 114 valence electrons. The van der Waals surface area contributed by atoms with E-state index < -0.39 is 17.7 Å². The van der Waals surface area contributed by atoms with Crippen LogP contribution in [0.1, 0.15) is 30.1 Å². The third-order valence-corrected chi connectivity index (χ3v) is 3.90. The Morgan fingerprint density at radius 2 is 2.00 bits per heavy atom. The molecule has 1 amide bonds. The first-order valence-electron chi connectivity index (χ1n) is 7.09. The number of rotatable bonds is 2. The molecule has 0 aliphatic heterocycles. The Balaban J connectivity index is 2.00. The summed E-state index contributed by atoms with van der Waals surface area (Å²) in [4.78, 5) is 11.0. The Labute approximate surface area is 126 Å². The van der Waals surface area contributed by atoms with Gasteiger partial charge in [-0.3, -0.25) is 0 Å². The fourth-order valence-corrected chi connectivity index (χ4v) is 2.92. The fraction of sp³-hybridized carbons (Fsp3) is 0.235. The molecule has 0 spiro atoms. The van der Waals surface area contributed by atoms with Crippen LogP contribution in [-0.4, -0.2) is 6.09 Å². The second-order valence-electron chi connectivity index (χ2n) is 5.36. The van der Waals surface area contributed by atoms with Crippen LogP contribution in [0.25, 0.3) is 11.1 Å². The van der Waals surface area contributed by atoms with Crippen molar-refractivity contribution in [1.82, 2.24) is 0 Å². The Bertz CT molecular complexity index is 731. The Kier molecular flexibility index (Phi) is 3.79. The smallest absolute Gasteiger partial charge is 0.405 e. The van der Waals surface area contributed by atoms with Crippen LogP contribution in [0.5, 0.6) is 0 Å². The average Bonchev–Trinajstić information content (AvgIpc) is 2.49. The molecule has 0 saturated heterocycles. The van der Waals surface area contributed by atoms with Crippen molar-refractivity contribution in [2.75, 3.05) is 0 Å². The van der Waals surface area contributed by atoms with Gasteiger partial charge in [0.15, 0.2) is 0 Å². The number of carbonyl (C=O) groups is 1. The molecule has 3 nitrogen and oxygen atoms in total. The molecule has 2 aromatic carbocycles. The van der Waals surface area contributed by atoms with Crippen LogP contribution < -0.4 is 5.73 Å². The van der Waals surface area contributed by atoms with Crippen molar-refractivity contribution < 1.29 is 18.3 Å². The normalized spacial score (nSPS) is 16.9. The molecule has 0 fully saturated rings. The van der Waals surface area contributed by atoms with Gasteiger partial charge < -0.3 is 10.5 Å². The van der Waals surface area contributed by atoms with Gasteiger partial charge in [0.25, 0.3) is 0 Å². The highest BCUT2D eigenvalue weighted by atomic mass is 19.1. The first kappa shape index (κ1) is 14.5. The van der Waals surface area contributed by atoms with Crippen molar-refractivity contribution in [2.45, 2.75) is 25.4 Å². The van der Waals surface area contributed by atoms with Gasteiger partial charge in [0.2, 0.25) is 0 Å². The summed E-state index contributed by atoms with van der Waals surface area (Å²) < 4.78 is 32.3. The molecular weight excluding hydrogens is 288 g/mol. The number of ether oxygens (including phenoxy) is 1. The number of primary amides is 1. The molecule has 0 aromatic heterocycles. The van der Waals surface area contributed by atoms with Gasteiger partial charge >= 0.3 is 6.09 Å². The minimum atomic E-state index is -0.807. The first-order valence-corrected chi connectivity index (χ1v) is 7.09. The van der Waals surface area contributed by atoms with Crippen LogP contribution in [0.2, 0.25) is 0 Å². The van der Waals surface area contributed by atoms with E-state index >= 15 is 0 Å². The molecule has 3 rings (SSSR count). The van der Waals surface area contributed by atoms with Gasteiger partial charge in [0.05, 0.1) is 0 Å². The molecule has 0 bridgehead atoms. The summed E-state index contributed by atoms with van der Waals surface area (Å²) >= 11 is 0. The van der Waals surface area contributed by atoms with E-state index in [2.05, 4.69) is 0 Å². The predicted molar refractivity (Wildman–Crippen MR) is 78.1 cm³/mol. The number of carbonyl (C=O) groups excluding carboxylic acids is 1. The second kappa shape index (κ2) is 5.75. The van der Waals surface area contributed by atoms with Crippen molar-refractivity contribution in [1.29, 1.82) is 0 Å². The topological polar surface area (TPSA) is 52.3 Å². The highest BCUT2D eigenvalue weighted by molar-refractivity contribution is 5.67. The summed E-state index contributed by atoms with van der Waals surface area (Å²) in [5, 5.41) is 0. The molecule has 0 heterocycles. The van der Waals surface area contributed by atoms with E-state index in [0.29, 0.717) is 12.0 Å². The Morgan fingerprint density at radius 1 is 1.18 bits per heavy atom. The molecule has 1 atom stereocenters. The van der Waals surface area contributed by atoms with Crippen LogP contribution in [-0.2, 0) is 11.2 Å². The number of hydrogen-bond acceptors (Lipinski definition) is 2. The molecule has 1 unspecified atom stereocenters. The van der Waals surface area contributed by atoms with Gasteiger partial charge in [-0.1, -0.05) is 18.2 Å². The van der Waals surface area contributed by atoms with E-state index in [-0.39, 0.29) is 11.7 Å². The molecule has 2 aromatic rings. The van der Waals surface area contributed by atoms with Gasteiger partial charge in [0.1, 0.15) is 17.7 Å². The Morgan fingerprint density at radius 3 is 2.77 bits per heavy atom. The van der Waals surface area contributed by atoms with Crippen LogP contribution in [0.4, 0.5) is 13.6 Å². The lowest BCUT2D eigenvalue weighted by Gasteiger charge is -2.25. The van der Waals surface area contributed by atoms with Gasteiger partial charge in [-0.05, 0) is 54.2 Å². The SMILES string of the molecule is NC(=O)OC1CCCc2cc(-c3cc(F)ccc3F)ccc21. The van der Waals surface area contributed by atoms with E-state index in [1.807, 2.05) is 6.07 Å². The molecule has 2 N–H and O–H groups in total. The molecular formula is C17H15F2NO2. The van der Waals surface area contributed by atoms with Crippen LogP contribution in [0.3, 0.4) is 0 Å². The molecule has 22 heavy (non-hydrogen) atoms. The largest absolute Gasteiger partial charge is 0.442 e. The quantitative estimate of drug-likeness (QED) is 0.908. The highest BCUT2D eigenvalue weighted by Gasteiger charge is 2.23. The summed E-state index contributed by atoms with van der Waals surface area (Å²) in [6.45, 7) is 0. The minimum Gasteiger partial charge on any atom is -0.442 e. The standard InChI is InChI=1S/C17H15F2NO2/c18-12-5-7-15(19)14(9-12)11-4-6-13-10(8-11)2-1-3-16(13)22-17(20)21/h4-9,16H,1-3H2,(H2,20,21). The predicted octanol–water partition coefficient (Wildman–Crippen LogP) is 4.10. The molecule has 0 saturated carbocycles. The van der Waals surface area contributed by atoms with Gasteiger partial charge in [-0.2, -0.15) is 0 Å². The zero-order chi connectivity index (χ0) is 15.7. The number of halogens is 2. The lowest BCUT2D eigenvalue weighted by atomic mass is 9.87. The molecule has 1 aliphatic rings. The average molecular weight is 303 g/mol. The third-order valence-electron chi connectivity index (χ3n) is 3.90. The summed E-state index contributed by atoms with van der Waals surface area (Å²) in [5.74, 6) is -0.953. The van der Waals surface area contributed by atoms with Crippen molar-refractivity contribution in [3.05, 3.63) is 59.2 Å². The van der Waals surface area contributed by atoms with Gasteiger partial charge in [0, 0.05) is 5.56 Å². The second-order valence-corrected chi connectivity index (χ2v) is 5.36. The van der Waals surface area contributed by atoms with Crippen molar-refractivity contribution in [3.63, 3.8) is 0 Å². The fourth-order valence-electron chi connectivity index (χ4n) is 2.92. The number of hydrogen-bond donors (Lipinski definition) is 1. The number of nitrogens with two attached hydrogens (primary N) is 1. The van der Waals surface area contributed by atoms with E-state index in [1.54, 1.807) is 12.1 Å². The Hall–Kier alpha value is -2.43. The lowest BCUT2D eigenvalue weighted by molar-refractivity contribution is 0.0959. The third kappa shape index (κ3) is 2.79. The number of benzene rings is 2. The maximum absolute atomic E-state index is 13.9. The summed E-state index contributed by atoms with van der Waals surface area (Å²) in [5.41, 5.74) is 7.77. The van der Waals surface area contributed by atoms with Crippen LogP contribution in [0.15, 0.2) is 36.4 Å². The summed E-state index contributed by atoms with van der Waals surface area (Å²) in [7, 11) is 0. The maximum Gasteiger partial charge on any atom is 0.405 e. The van der Waals surface area contributed by atoms with Gasteiger partial charge in [-0.25, -0.2) is 13.6 Å². The minimum absolute atomic E-state index is 0.223. The zero-order valence-corrected chi connectivity index (χ0v) is 11.8. The zero-order valence-electron chi connectivity index (χ0n) is 11.8. The van der Waals surface area contributed by atoms with E-state index in [4.69, 9.17) is 10.5 Å². The molecule has 0 radical (unpaired) electrons. The lowest BCUT2D eigenvalue weighted by Crippen LogP contribution is -2.20. The van der Waals surface area contributed by atoms with Crippen molar-refractivity contribution >= 4 is 6.09 Å². The van der Waals surface area contributed by atoms with Crippen molar-refractivity contribution in [2.24, 2.45) is 5.73 Å². The molecule has 1 aliphatic carbocycles. The highest BCUT2D eigenvalue weighted by Crippen LogP contribution is 2.35. The number of fused-ring (bicyclic) bond motifs is 1. The van der Waals surface area contributed by atoms with E-state index in [1.165, 1.54) is 6.07 Å². The summed E-state index contributed by atoms with van der Waals surface area (Å²) in [6.07, 6.45) is 1.19. The van der Waals surface area contributed by atoms with E-state index in [0.717, 1.165) is 36.1 Å². The molecule has 5 heteroatoms. The van der Waals surface area contributed by atoms with E-state index in [9.17, 15) is 13.6 Å². The maximum atomic E-state index is 13.9. The van der Waals surface area contributed by atoms with Crippen LogP contribution in [0, 0.1) is 11.6 Å².